The standard InChI is InChI=1S/C20H25N3O4/c1-12-7-8-14(13(2)11-12)18(25)22-21-17(24)9-10-23-19(26)15-5-3-4-6-16(15)20(23)27/h7-8,11,15-16H,3-6,9-10H2,1-2H3,(H,21,24)(H,22,25)/t15-,16-/m0/s1. The Labute approximate surface area is 158 Å². The van der Waals surface area contributed by atoms with Crippen LogP contribution in [0.2, 0.25) is 0 Å². The van der Waals surface area contributed by atoms with Crippen LogP contribution >= 0.6 is 0 Å². The Morgan fingerprint density at radius 1 is 1.04 bits per heavy atom. The van der Waals surface area contributed by atoms with E-state index in [2.05, 4.69) is 10.9 Å². The van der Waals surface area contributed by atoms with Crippen LogP contribution in [-0.2, 0) is 14.4 Å². The van der Waals surface area contributed by atoms with E-state index >= 15 is 0 Å². The summed E-state index contributed by atoms with van der Waals surface area (Å²) in [5, 5.41) is 0. The molecule has 1 aromatic rings. The van der Waals surface area contributed by atoms with Gasteiger partial charge in [0.1, 0.15) is 0 Å². The zero-order valence-electron chi connectivity index (χ0n) is 15.7. The Hall–Kier alpha value is -2.70. The maximum atomic E-state index is 12.4. The molecule has 0 unspecified atom stereocenters. The molecule has 1 aliphatic heterocycles. The van der Waals surface area contributed by atoms with Gasteiger partial charge in [0.05, 0.1) is 11.8 Å². The summed E-state index contributed by atoms with van der Waals surface area (Å²) in [7, 11) is 0. The Bertz CT molecular complexity index is 765. The van der Waals surface area contributed by atoms with E-state index in [0.29, 0.717) is 5.56 Å². The molecule has 1 heterocycles. The van der Waals surface area contributed by atoms with Gasteiger partial charge in [-0.25, -0.2) is 0 Å². The molecular weight excluding hydrogens is 346 g/mol. The minimum absolute atomic E-state index is 0.0376. The molecule has 1 aliphatic carbocycles. The average molecular weight is 371 g/mol. The smallest absolute Gasteiger partial charge is 0.269 e. The number of imide groups is 1. The molecule has 2 atom stereocenters. The molecule has 3 rings (SSSR count). The van der Waals surface area contributed by atoms with Crippen LogP contribution in [0.1, 0.15) is 53.6 Å². The number of carbonyl (C=O) groups excluding carboxylic acids is 4. The second-order valence-electron chi connectivity index (χ2n) is 7.40. The Morgan fingerprint density at radius 3 is 2.26 bits per heavy atom. The van der Waals surface area contributed by atoms with E-state index in [4.69, 9.17) is 0 Å². The molecule has 1 saturated heterocycles. The summed E-state index contributed by atoms with van der Waals surface area (Å²) in [5.41, 5.74) is 7.08. The summed E-state index contributed by atoms with van der Waals surface area (Å²) in [5.74, 6) is -1.57. The number of carbonyl (C=O) groups is 4. The number of fused-ring (bicyclic) bond motifs is 1. The number of benzene rings is 1. The highest BCUT2D eigenvalue weighted by Crippen LogP contribution is 2.37. The predicted molar refractivity (Wildman–Crippen MR) is 98.3 cm³/mol. The fourth-order valence-electron chi connectivity index (χ4n) is 3.99. The van der Waals surface area contributed by atoms with Gasteiger partial charge in [0.15, 0.2) is 0 Å². The monoisotopic (exact) mass is 371 g/mol. The maximum Gasteiger partial charge on any atom is 0.269 e. The van der Waals surface area contributed by atoms with E-state index in [9.17, 15) is 19.2 Å². The highest BCUT2D eigenvalue weighted by molar-refractivity contribution is 6.05. The van der Waals surface area contributed by atoms with E-state index in [1.807, 2.05) is 26.0 Å². The highest BCUT2D eigenvalue weighted by atomic mass is 16.2. The second kappa shape index (κ2) is 7.90. The molecule has 4 amide bonds. The van der Waals surface area contributed by atoms with E-state index in [-0.39, 0.29) is 36.6 Å². The molecule has 1 aromatic carbocycles. The molecule has 7 heteroatoms. The van der Waals surface area contributed by atoms with Crippen LogP contribution in [0.15, 0.2) is 18.2 Å². The number of aryl methyl sites for hydroxylation is 2. The van der Waals surface area contributed by atoms with Gasteiger partial charge in [-0.1, -0.05) is 30.5 Å². The van der Waals surface area contributed by atoms with E-state index in [0.717, 1.165) is 36.8 Å². The van der Waals surface area contributed by atoms with Crippen molar-refractivity contribution in [3.8, 4) is 0 Å². The number of likely N-dealkylation sites (tertiary alicyclic amines) is 1. The van der Waals surface area contributed by atoms with E-state index in [1.165, 1.54) is 4.90 Å². The molecule has 0 radical (unpaired) electrons. The van der Waals surface area contributed by atoms with Gasteiger partial charge in [-0.3, -0.25) is 34.9 Å². The minimum Gasteiger partial charge on any atom is -0.282 e. The lowest BCUT2D eigenvalue weighted by Gasteiger charge is -2.19. The Balaban J connectivity index is 1.49. The largest absolute Gasteiger partial charge is 0.282 e. The third-order valence-corrected chi connectivity index (χ3v) is 5.44. The molecule has 1 saturated carbocycles. The topological polar surface area (TPSA) is 95.6 Å². The van der Waals surface area contributed by atoms with Crippen LogP contribution in [0, 0.1) is 25.7 Å². The summed E-state index contributed by atoms with van der Waals surface area (Å²) in [6.07, 6.45) is 3.41. The van der Waals surface area contributed by atoms with Gasteiger partial charge in [0, 0.05) is 18.5 Å². The van der Waals surface area contributed by atoms with Gasteiger partial charge in [-0.15, -0.1) is 0 Å². The number of nitrogens with zero attached hydrogens (tertiary/aromatic N) is 1. The van der Waals surface area contributed by atoms with Gasteiger partial charge < -0.3 is 0 Å². The van der Waals surface area contributed by atoms with Crippen molar-refractivity contribution in [3.05, 3.63) is 34.9 Å². The zero-order valence-corrected chi connectivity index (χ0v) is 15.7. The number of nitrogens with one attached hydrogen (secondary N) is 2. The lowest BCUT2D eigenvalue weighted by atomic mass is 9.81. The normalized spacial score (nSPS) is 21.8. The number of hydrogen-bond donors (Lipinski definition) is 2. The highest BCUT2D eigenvalue weighted by Gasteiger charge is 2.47. The van der Waals surface area contributed by atoms with E-state index < -0.39 is 11.8 Å². The van der Waals surface area contributed by atoms with Crippen molar-refractivity contribution in [2.75, 3.05) is 6.54 Å². The molecular formula is C20H25N3O4. The maximum absolute atomic E-state index is 12.4. The lowest BCUT2D eigenvalue weighted by molar-refractivity contribution is -0.140. The van der Waals surface area contributed by atoms with Crippen LogP contribution in [0.5, 0.6) is 0 Å². The van der Waals surface area contributed by atoms with Crippen molar-refractivity contribution in [2.45, 2.75) is 46.0 Å². The Morgan fingerprint density at radius 2 is 1.67 bits per heavy atom. The van der Waals surface area contributed by atoms with Crippen LogP contribution in [0.4, 0.5) is 0 Å². The first kappa shape index (κ1) is 19.1. The number of hydrazine groups is 1. The molecule has 0 aromatic heterocycles. The summed E-state index contributed by atoms with van der Waals surface area (Å²) in [6.45, 7) is 3.82. The minimum atomic E-state index is -0.441. The zero-order chi connectivity index (χ0) is 19.6. The first-order valence-corrected chi connectivity index (χ1v) is 9.40. The summed E-state index contributed by atoms with van der Waals surface area (Å²) in [4.78, 5) is 50.2. The predicted octanol–water partition coefficient (Wildman–Crippen LogP) is 1.63. The van der Waals surface area contributed by atoms with Crippen molar-refractivity contribution in [3.63, 3.8) is 0 Å². The van der Waals surface area contributed by atoms with Crippen LogP contribution in [-0.4, -0.2) is 35.1 Å². The van der Waals surface area contributed by atoms with E-state index in [1.54, 1.807) is 6.07 Å². The van der Waals surface area contributed by atoms with Crippen molar-refractivity contribution in [2.24, 2.45) is 11.8 Å². The van der Waals surface area contributed by atoms with Gasteiger partial charge in [0.25, 0.3) is 5.91 Å². The third kappa shape index (κ3) is 4.02. The average Bonchev–Trinajstić information content (AvgIpc) is 2.89. The SMILES string of the molecule is Cc1ccc(C(=O)NNC(=O)CCN2C(=O)[C@H]3CCCC[C@@H]3C2=O)c(C)c1. The molecule has 0 spiro atoms. The van der Waals surface area contributed by atoms with Crippen LogP contribution in [0.25, 0.3) is 0 Å². The van der Waals surface area contributed by atoms with Gasteiger partial charge >= 0.3 is 0 Å². The van der Waals surface area contributed by atoms with Gasteiger partial charge in [-0.2, -0.15) is 0 Å². The lowest BCUT2D eigenvalue weighted by Crippen LogP contribution is -2.43. The quantitative estimate of drug-likeness (QED) is 0.621. The fourth-order valence-corrected chi connectivity index (χ4v) is 3.99. The fraction of sp³-hybridized carbons (Fsp3) is 0.500. The molecule has 27 heavy (non-hydrogen) atoms. The molecule has 2 N–H and O–H groups in total. The van der Waals surface area contributed by atoms with Crippen molar-refractivity contribution < 1.29 is 19.2 Å². The van der Waals surface area contributed by atoms with Crippen LogP contribution < -0.4 is 10.9 Å². The summed E-state index contributed by atoms with van der Waals surface area (Å²) < 4.78 is 0. The van der Waals surface area contributed by atoms with Crippen LogP contribution in [0.3, 0.4) is 0 Å². The van der Waals surface area contributed by atoms with Gasteiger partial charge in [0.2, 0.25) is 17.7 Å². The first-order valence-electron chi connectivity index (χ1n) is 9.40. The third-order valence-electron chi connectivity index (χ3n) is 5.44. The van der Waals surface area contributed by atoms with Crippen molar-refractivity contribution >= 4 is 23.6 Å². The molecule has 2 aliphatic rings. The van der Waals surface area contributed by atoms with Crippen molar-refractivity contribution in [1.29, 1.82) is 0 Å². The summed E-state index contributed by atoms with van der Waals surface area (Å²) in [6, 6.07) is 5.42. The first-order chi connectivity index (χ1) is 12.9. The number of amides is 4. The molecule has 144 valence electrons. The molecule has 7 nitrogen and oxygen atoms in total. The van der Waals surface area contributed by atoms with Crippen molar-refractivity contribution in [1.82, 2.24) is 15.8 Å². The summed E-state index contributed by atoms with van der Waals surface area (Å²) >= 11 is 0. The number of hydrogen-bond acceptors (Lipinski definition) is 4. The molecule has 0 bridgehead atoms. The molecule has 2 fully saturated rings. The second-order valence-corrected chi connectivity index (χ2v) is 7.40. The Kier molecular flexibility index (Phi) is 5.58. The number of rotatable bonds is 4. The van der Waals surface area contributed by atoms with Gasteiger partial charge in [-0.05, 0) is 38.3 Å².